The molecular formula is C18H25NOS. The Hall–Kier alpha value is -0.830. The second-order valence-corrected chi connectivity index (χ2v) is 9.74. The minimum atomic E-state index is 0.121. The molecule has 0 radical (unpaired) electrons. The molecule has 0 spiro atoms. The van der Waals surface area contributed by atoms with Gasteiger partial charge in [-0.2, -0.15) is 0 Å². The minimum absolute atomic E-state index is 0.121. The van der Waals surface area contributed by atoms with E-state index in [0.717, 1.165) is 17.3 Å². The lowest BCUT2D eigenvalue weighted by Crippen LogP contribution is -2.58. The van der Waals surface area contributed by atoms with Crippen molar-refractivity contribution in [3.63, 3.8) is 0 Å². The number of hydrogen-bond donors (Lipinski definition) is 1. The van der Waals surface area contributed by atoms with Crippen molar-refractivity contribution in [3.05, 3.63) is 22.4 Å². The molecule has 1 aromatic rings. The minimum Gasteiger partial charge on any atom is -0.351 e. The van der Waals surface area contributed by atoms with Gasteiger partial charge in [-0.25, -0.2) is 0 Å². The maximum absolute atomic E-state index is 12.3. The largest absolute Gasteiger partial charge is 0.351 e. The molecule has 4 bridgehead atoms. The average Bonchev–Trinajstić information content (AvgIpc) is 2.85. The van der Waals surface area contributed by atoms with Crippen molar-refractivity contribution >= 4 is 17.2 Å². The second kappa shape index (κ2) is 4.34. The average molecular weight is 303 g/mol. The van der Waals surface area contributed by atoms with Gasteiger partial charge in [-0.05, 0) is 72.1 Å². The van der Waals surface area contributed by atoms with Crippen molar-refractivity contribution in [1.82, 2.24) is 5.32 Å². The van der Waals surface area contributed by atoms with E-state index in [0.29, 0.717) is 16.2 Å². The zero-order valence-corrected chi connectivity index (χ0v) is 13.9. The topological polar surface area (TPSA) is 29.1 Å². The number of rotatable bonds is 3. The first-order valence-corrected chi connectivity index (χ1v) is 9.09. The van der Waals surface area contributed by atoms with Crippen molar-refractivity contribution in [1.29, 1.82) is 0 Å². The SMILES string of the molecule is C[C@@]12CC3CC(CNC(=O)c4cccs4)(C1)C[C@@](C)(C3)C2. The normalized spacial score (nSPS) is 44.0. The predicted molar refractivity (Wildman–Crippen MR) is 86.5 cm³/mol. The fraction of sp³-hybridized carbons (Fsp3) is 0.722. The molecule has 0 aliphatic heterocycles. The first-order valence-electron chi connectivity index (χ1n) is 8.21. The quantitative estimate of drug-likeness (QED) is 0.876. The van der Waals surface area contributed by atoms with Gasteiger partial charge in [0.05, 0.1) is 4.88 Å². The molecule has 1 N–H and O–H groups in total. The van der Waals surface area contributed by atoms with Gasteiger partial charge in [-0.15, -0.1) is 11.3 Å². The number of thiophene rings is 1. The van der Waals surface area contributed by atoms with Crippen LogP contribution in [0.3, 0.4) is 0 Å². The summed E-state index contributed by atoms with van der Waals surface area (Å²) in [6.45, 7) is 5.86. The van der Waals surface area contributed by atoms with Gasteiger partial charge in [0.2, 0.25) is 0 Å². The first-order chi connectivity index (χ1) is 9.90. The molecule has 3 heteroatoms. The molecule has 4 saturated carbocycles. The highest BCUT2D eigenvalue weighted by Crippen LogP contribution is 2.69. The van der Waals surface area contributed by atoms with Crippen LogP contribution < -0.4 is 5.32 Å². The highest BCUT2D eigenvalue weighted by molar-refractivity contribution is 7.12. The number of carbonyl (C=O) groups excluding carboxylic acids is 1. The molecule has 5 rings (SSSR count). The molecule has 2 nitrogen and oxygen atoms in total. The molecule has 4 aliphatic rings. The highest BCUT2D eigenvalue weighted by atomic mass is 32.1. The summed E-state index contributed by atoms with van der Waals surface area (Å²) in [5.74, 6) is 1.02. The maximum atomic E-state index is 12.3. The first kappa shape index (κ1) is 13.8. The van der Waals surface area contributed by atoms with Crippen LogP contribution in [0.5, 0.6) is 0 Å². The summed E-state index contributed by atoms with van der Waals surface area (Å²) < 4.78 is 0. The number of nitrogens with one attached hydrogen (secondary N) is 1. The van der Waals surface area contributed by atoms with Crippen LogP contribution in [0.4, 0.5) is 0 Å². The summed E-state index contributed by atoms with van der Waals surface area (Å²) in [7, 11) is 0. The molecule has 1 amide bonds. The second-order valence-electron chi connectivity index (χ2n) is 8.79. The Morgan fingerprint density at radius 2 is 1.95 bits per heavy atom. The Kier molecular flexibility index (Phi) is 2.86. The lowest BCUT2D eigenvalue weighted by Gasteiger charge is -2.65. The monoisotopic (exact) mass is 303 g/mol. The summed E-state index contributed by atoms with van der Waals surface area (Å²) >= 11 is 1.53. The zero-order valence-electron chi connectivity index (χ0n) is 13.1. The zero-order chi connectivity index (χ0) is 14.7. The van der Waals surface area contributed by atoms with Crippen molar-refractivity contribution in [2.75, 3.05) is 6.54 Å². The summed E-state index contributed by atoms with van der Waals surface area (Å²) in [4.78, 5) is 13.1. The Bertz CT molecular complexity index is 546. The maximum Gasteiger partial charge on any atom is 0.261 e. The van der Waals surface area contributed by atoms with E-state index < -0.39 is 0 Å². The predicted octanol–water partition coefficient (Wildman–Crippen LogP) is 4.47. The van der Waals surface area contributed by atoms with Gasteiger partial charge in [0, 0.05) is 6.54 Å². The highest BCUT2D eigenvalue weighted by Gasteiger charge is 2.59. The molecule has 1 heterocycles. The Balaban J connectivity index is 1.51. The van der Waals surface area contributed by atoms with Crippen LogP contribution in [-0.4, -0.2) is 12.5 Å². The van der Waals surface area contributed by atoms with E-state index in [-0.39, 0.29) is 5.91 Å². The molecule has 4 fully saturated rings. The third kappa shape index (κ3) is 2.34. The van der Waals surface area contributed by atoms with E-state index in [1.54, 1.807) is 0 Å². The summed E-state index contributed by atoms with van der Waals surface area (Å²) in [5.41, 5.74) is 1.43. The third-order valence-corrected chi connectivity index (χ3v) is 6.98. The number of hydrogen-bond acceptors (Lipinski definition) is 2. The summed E-state index contributed by atoms with van der Waals surface area (Å²) in [6, 6.07) is 3.87. The molecule has 21 heavy (non-hydrogen) atoms. The molecule has 0 unspecified atom stereocenters. The smallest absolute Gasteiger partial charge is 0.261 e. The van der Waals surface area contributed by atoms with Gasteiger partial charge in [0.1, 0.15) is 0 Å². The lowest BCUT2D eigenvalue weighted by atomic mass is 9.40. The van der Waals surface area contributed by atoms with Crippen LogP contribution in [0.1, 0.15) is 62.0 Å². The standard InChI is InChI=1S/C18H25NOS/c1-16-6-13-7-17(2,9-16)11-18(8-13,10-16)12-19-15(20)14-4-3-5-21-14/h3-5,13H,6-12H2,1-2H3,(H,19,20)/t13?,16-,17-,18?/m0/s1. The Morgan fingerprint density at radius 1 is 1.24 bits per heavy atom. The fourth-order valence-corrected chi connectivity index (χ4v) is 7.28. The van der Waals surface area contributed by atoms with Gasteiger partial charge in [-0.3, -0.25) is 4.79 Å². The van der Waals surface area contributed by atoms with Gasteiger partial charge < -0.3 is 5.32 Å². The van der Waals surface area contributed by atoms with Crippen molar-refractivity contribution in [2.24, 2.45) is 22.2 Å². The molecular weight excluding hydrogens is 278 g/mol. The molecule has 0 saturated heterocycles. The lowest BCUT2D eigenvalue weighted by molar-refractivity contribution is -0.142. The Labute approximate surface area is 131 Å². The van der Waals surface area contributed by atoms with Crippen molar-refractivity contribution in [2.45, 2.75) is 52.4 Å². The van der Waals surface area contributed by atoms with Crippen LogP contribution >= 0.6 is 11.3 Å². The molecule has 1 aromatic heterocycles. The molecule has 114 valence electrons. The third-order valence-electron chi connectivity index (χ3n) is 6.11. The van der Waals surface area contributed by atoms with Crippen molar-refractivity contribution < 1.29 is 4.79 Å². The van der Waals surface area contributed by atoms with Gasteiger partial charge >= 0.3 is 0 Å². The Morgan fingerprint density at radius 3 is 2.52 bits per heavy atom. The molecule has 4 aliphatic carbocycles. The van der Waals surface area contributed by atoms with E-state index in [1.807, 2.05) is 17.5 Å². The summed E-state index contributed by atoms with van der Waals surface area (Å²) in [5, 5.41) is 5.22. The summed E-state index contributed by atoms with van der Waals surface area (Å²) in [6.07, 6.45) is 8.21. The number of carbonyl (C=O) groups is 1. The van der Waals surface area contributed by atoms with E-state index in [4.69, 9.17) is 0 Å². The van der Waals surface area contributed by atoms with Crippen molar-refractivity contribution in [3.8, 4) is 0 Å². The number of amides is 1. The van der Waals surface area contributed by atoms with Crippen LogP contribution in [0.15, 0.2) is 17.5 Å². The van der Waals surface area contributed by atoms with Crippen LogP contribution in [0.25, 0.3) is 0 Å². The van der Waals surface area contributed by atoms with E-state index in [1.165, 1.54) is 49.9 Å². The van der Waals surface area contributed by atoms with Crippen LogP contribution in [0.2, 0.25) is 0 Å². The fourth-order valence-electron chi connectivity index (χ4n) is 6.64. The van der Waals surface area contributed by atoms with Gasteiger partial charge in [-0.1, -0.05) is 19.9 Å². The van der Waals surface area contributed by atoms with Gasteiger partial charge in [0.15, 0.2) is 0 Å². The van der Waals surface area contributed by atoms with Crippen LogP contribution in [0, 0.1) is 22.2 Å². The van der Waals surface area contributed by atoms with Crippen LogP contribution in [-0.2, 0) is 0 Å². The van der Waals surface area contributed by atoms with E-state index in [2.05, 4.69) is 19.2 Å². The van der Waals surface area contributed by atoms with E-state index in [9.17, 15) is 4.79 Å². The molecule has 2 atom stereocenters. The molecule has 0 aromatic carbocycles. The van der Waals surface area contributed by atoms with Gasteiger partial charge in [0.25, 0.3) is 5.91 Å². The van der Waals surface area contributed by atoms with E-state index >= 15 is 0 Å².